The first kappa shape index (κ1) is 28.5. The minimum absolute atomic E-state index is 0.246. The molecule has 0 bridgehead atoms. The normalized spacial score (nSPS) is 18.3. The summed E-state index contributed by atoms with van der Waals surface area (Å²) in [6, 6.07) is 13.8. The lowest BCUT2D eigenvalue weighted by atomic mass is 9.90. The second kappa shape index (κ2) is 11.7. The summed E-state index contributed by atoms with van der Waals surface area (Å²) in [5.74, 6) is 6.01. The fourth-order valence-corrected chi connectivity index (χ4v) is 6.96. The lowest BCUT2D eigenvalue weighted by Gasteiger charge is -2.33. The molecule has 0 radical (unpaired) electrons. The van der Waals surface area contributed by atoms with Crippen molar-refractivity contribution in [3.05, 3.63) is 52.9 Å². The Hall–Kier alpha value is -2.46. The minimum Gasteiger partial charge on any atom is -0.381 e. The van der Waals surface area contributed by atoms with Gasteiger partial charge >= 0.3 is 6.18 Å². The lowest BCUT2D eigenvalue weighted by Crippen LogP contribution is -2.36. The van der Waals surface area contributed by atoms with Gasteiger partial charge < -0.3 is 20.1 Å². The van der Waals surface area contributed by atoms with Crippen LogP contribution < -0.4 is 15.9 Å². The van der Waals surface area contributed by atoms with Gasteiger partial charge in [-0.1, -0.05) is 24.0 Å². The van der Waals surface area contributed by atoms with Crippen LogP contribution in [0.15, 0.2) is 42.5 Å². The monoisotopic (exact) mass is 561 g/mol. The lowest BCUT2D eigenvalue weighted by molar-refractivity contribution is -0.126. The van der Waals surface area contributed by atoms with Crippen LogP contribution in [0.4, 0.5) is 24.5 Å². The number of anilines is 2. The number of fused-ring (bicyclic) bond motifs is 1. The molecule has 0 spiro atoms. The molecule has 0 saturated heterocycles. The van der Waals surface area contributed by atoms with Gasteiger partial charge in [-0.2, -0.15) is 13.2 Å². The van der Waals surface area contributed by atoms with Crippen molar-refractivity contribution in [2.45, 2.75) is 50.4 Å². The zero-order valence-corrected chi connectivity index (χ0v) is 24.0. The van der Waals surface area contributed by atoms with E-state index in [0.29, 0.717) is 22.3 Å². The molecule has 4 nitrogen and oxygen atoms in total. The van der Waals surface area contributed by atoms with Crippen LogP contribution in [0.3, 0.4) is 0 Å². The van der Waals surface area contributed by atoms with E-state index in [-0.39, 0.29) is 12.1 Å². The summed E-state index contributed by atoms with van der Waals surface area (Å²) in [4.78, 5) is 2.72. The minimum atomic E-state index is -4.32. The molecule has 4 rings (SSSR count). The number of rotatable bonds is 7. The fraction of sp³-hybridized carbons (Fsp3) is 0.448. The van der Waals surface area contributed by atoms with Gasteiger partial charge in [0.05, 0.1) is 28.2 Å². The van der Waals surface area contributed by atoms with Crippen molar-refractivity contribution in [1.82, 2.24) is 4.90 Å². The van der Waals surface area contributed by atoms with Crippen molar-refractivity contribution in [3.8, 4) is 11.8 Å². The maximum Gasteiger partial charge on any atom is 0.393 e. The van der Waals surface area contributed by atoms with E-state index in [1.54, 1.807) is 19.4 Å². The van der Waals surface area contributed by atoms with Crippen LogP contribution in [0.25, 0.3) is 10.1 Å². The predicted molar refractivity (Wildman–Crippen MR) is 156 cm³/mol. The molecule has 1 saturated carbocycles. The maximum atomic E-state index is 13.5. The maximum absolute atomic E-state index is 13.5. The van der Waals surface area contributed by atoms with Crippen LogP contribution >= 0.6 is 18.5 Å². The highest BCUT2D eigenvalue weighted by atomic mass is 32.1. The van der Waals surface area contributed by atoms with E-state index in [0.717, 1.165) is 47.1 Å². The summed E-state index contributed by atoms with van der Waals surface area (Å²) in [6.07, 6.45) is -1.05. The Morgan fingerprint density at radius 3 is 2.34 bits per heavy atom. The number of nitrogens with one attached hydrogen (secondary N) is 2. The predicted octanol–water partition coefficient (Wildman–Crippen LogP) is 7.00. The second-order valence-corrected chi connectivity index (χ2v) is 14.8. The summed E-state index contributed by atoms with van der Waals surface area (Å²) in [6.45, 7) is 3.73. The molecule has 9 heteroatoms. The van der Waals surface area contributed by atoms with Gasteiger partial charge in [0.2, 0.25) is 0 Å². The zero-order valence-electron chi connectivity index (χ0n) is 22.3. The van der Waals surface area contributed by atoms with Crippen molar-refractivity contribution in [2.24, 2.45) is 0 Å². The molecule has 1 aromatic heterocycles. The molecule has 0 unspecified atom stereocenters. The third-order valence-corrected chi connectivity index (χ3v) is 9.79. The Morgan fingerprint density at radius 2 is 1.74 bits per heavy atom. The largest absolute Gasteiger partial charge is 0.393 e. The number of nitrogens with zero attached hydrogens (tertiary/aromatic N) is 1. The summed E-state index contributed by atoms with van der Waals surface area (Å²) < 4.78 is 53.6. The molecular formula is C29H35F3N3OPS. The molecule has 0 aliphatic heterocycles. The highest BCUT2D eigenvalue weighted by Crippen LogP contribution is 2.40. The van der Waals surface area contributed by atoms with Crippen molar-refractivity contribution < 1.29 is 17.7 Å². The highest BCUT2D eigenvalue weighted by molar-refractivity contribution is 7.70. The molecule has 1 heterocycles. The van der Waals surface area contributed by atoms with E-state index in [9.17, 15) is 17.7 Å². The summed E-state index contributed by atoms with van der Waals surface area (Å²) >= 11 is 1.33. The van der Waals surface area contributed by atoms with E-state index in [1.165, 1.54) is 11.3 Å². The molecule has 0 atom stereocenters. The first-order valence-electron chi connectivity index (χ1n) is 12.8. The zero-order chi connectivity index (χ0) is 27.5. The Kier molecular flexibility index (Phi) is 8.82. The topological polar surface area (TPSA) is 44.4 Å². The average molecular weight is 562 g/mol. The summed E-state index contributed by atoms with van der Waals surface area (Å²) in [5, 5.41) is 8.21. The van der Waals surface area contributed by atoms with Crippen LogP contribution in [0.2, 0.25) is 0 Å². The Balaban J connectivity index is 1.53. The number of thiophene rings is 1. The average Bonchev–Trinajstić information content (AvgIpc) is 3.18. The van der Waals surface area contributed by atoms with Gasteiger partial charge in [-0.25, -0.2) is 0 Å². The third-order valence-electron chi connectivity index (χ3n) is 7.05. The van der Waals surface area contributed by atoms with Gasteiger partial charge in [-0.05, 0) is 94.4 Å². The van der Waals surface area contributed by atoms with E-state index < -0.39 is 19.7 Å². The van der Waals surface area contributed by atoms with Crippen LogP contribution in [0.1, 0.15) is 36.1 Å². The first-order valence-corrected chi connectivity index (χ1v) is 16.2. The van der Waals surface area contributed by atoms with E-state index >= 15 is 0 Å². The van der Waals surface area contributed by atoms with Gasteiger partial charge in [0.15, 0.2) is 0 Å². The summed E-state index contributed by atoms with van der Waals surface area (Å²) in [7, 11) is 1.89. The number of alkyl halides is 3. The molecule has 204 valence electrons. The standard InChI is InChI=1S/C29H35F3N3OPS/c1-35(2)22-14-10-21(11-15-22)34-26-8-5-7-24-25(19-29(30,31)32)27(38-28(24)26)9-6-18-33-20-12-16-23(17-13-20)37(3,4)36/h5,7-8,12-13,16-17,21-22,33-34H,10-11,14-15,18-19H2,1-4H3. The van der Waals surface area contributed by atoms with Gasteiger partial charge in [-0.3, -0.25) is 0 Å². The Morgan fingerprint density at radius 1 is 1.05 bits per heavy atom. The van der Waals surface area contributed by atoms with Crippen LogP contribution in [0, 0.1) is 11.8 Å². The molecule has 3 aromatic rings. The molecule has 38 heavy (non-hydrogen) atoms. The molecule has 1 aliphatic carbocycles. The van der Waals surface area contributed by atoms with Gasteiger partial charge in [-0.15, -0.1) is 11.3 Å². The van der Waals surface area contributed by atoms with Crippen molar-refractivity contribution in [1.29, 1.82) is 0 Å². The van der Waals surface area contributed by atoms with E-state index in [2.05, 4.69) is 41.5 Å². The van der Waals surface area contributed by atoms with Crippen LogP contribution in [-0.4, -0.2) is 57.1 Å². The van der Waals surface area contributed by atoms with Gasteiger partial charge in [0.1, 0.15) is 7.14 Å². The summed E-state index contributed by atoms with van der Waals surface area (Å²) in [5.41, 5.74) is 1.95. The van der Waals surface area contributed by atoms with Gasteiger partial charge in [0.25, 0.3) is 0 Å². The van der Waals surface area contributed by atoms with E-state index in [1.807, 2.05) is 36.4 Å². The highest BCUT2D eigenvalue weighted by Gasteiger charge is 2.31. The number of halogens is 3. The number of benzene rings is 2. The van der Waals surface area contributed by atoms with Crippen molar-refractivity contribution in [2.75, 3.05) is 44.6 Å². The molecule has 2 aromatic carbocycles. The first-order chi connectivity index (χ1) is 17.9. The van der Waals surface area contributed by atoms with Crippen LogP contribution in [-0.2, 0) is 11.0 Å². The fourth-order valence-electron chi connectivity index (χ4n) is 4.93. The van der Waals surface area contributed by atoms with Crippen molar-refractivity contribution >= 4 is 45.2 Å². The SMILES string of the molecule is CN(C)C1CCC(Nc2cccc3c(CC(F)(F)F)c(C#CCNc4ccc(P(C)(C)=O)cc4)sc23)CC1. The molecule has 1 fully saturated rings. The quantitative estimate of drug-likeness (QED) is 0.241. The third kappa shape index (κ3) is 7.34. The Labute approximate surface area is 227 Å². The molecule has 1 aliphatic rings. The molecule has 2 N–H and O–H groups in total. The van der Waals surface area contributed by atoms with Gasteiger partial charge in [0, 0.05) is 23.1 Å². The number of hydrogen-bond acceptors (Lipinski definition) is 5. The Bertz CT molecular complexity index is 1360. The van der Waals surface area contributed by atoms with Crippen molar-refractivity contribution in [3.63, 3.8) is 0 Å². The molecular weight excluding hydrogens is 526 g/mol. The molecule has 0 amide bonds. The second-order valence-electron chi connectivity index (χ2n) is 10.6. The van der Waals surface area contributed by atoms with Crippen LogP contribution in [0.5, 0.6) is 0 Å². The number of hydrogen-bond donors (Lipinski definition) is 2. The van der Waals surface area contributed by atoms with E-state index in [4.69, 9.17) is 0 Å². The smallest absolute Gasteiger partial charge is 0.381 e.